The van der Waals surface area contributed by atoms with Gasteiger partial charge in [0.05, 0.1) is 0 Å². The molecule has 0 heterocycles. The molecule has 0 aromatic carbocycles. The Morgan fingerprint density at radius 2 is 2.25 bits per heavy atom. The highest BCUT2D eigenvalue weighted by Crippen LogP contribution is 1.76. The molecule has 1 atom stereocenters. The summed E-state index contributed by atoms with van der Waals surface area (Å²) in [5, 5.41) is -0.671. The first-order valence-corrected chi connectivity index (χ1v) is 3.24. The first-order chi connectivity index (χ1) is 3.68. The third kappa shape index (κ3) is 2.49. The zero-order valence-electron chi connectivity index (χ0n) is 4.31. The molecule has 0 aliphatic carbocycles. The van der Waals surface area contributed by atoms with Crippen LogP contribution in [0.25, 0.3) is 5.53 Å². The molecular formula is C3H6N2O2S. The van der Waals surface area contributed by atoms with Crippen molar-refractivity contribution >= 4 is 16.9 Å². The number of thiol groups is 1. The molecule has 0 aromatic heterocycles. The Hall–Kier alpha value is -0.670. The van der Waals surface area contributed by atoms with E-state index in [-0.39, 0.29) is 0 Å². The van der Waals surface area contributed by atoms with Gasteiger partial charge in [-0.25, -0.2) is 8.42 Å². The quantitative estimate of drug-likeness (QED) is 0.234. The Morgan fingerprint density at radius 3 is 2.38 bits per heavy atom. The Balaban J connectivity index is 4.03. The third-order valence-electron chi connectivity index (χ3n) is 0.615. The Morgan fingerprint density at radius 1 is 1.75 bits per heavy atom. The van der Waals surface area contributed by atoms with Crippen LogP contribution in [0.4, 0.5) is 0 Å². The topological polar surface area (TPSA) is 70.5 Å². The molecule has 0 aliphatic heterocycles. The first-order valence-electron chi connectivity index (χ1n) is 1.99. The third-order valence-corrected chi connectivity index (χ3v) is 1.41. The second-order valence-electron chi connectivity index (χ2n) is 1.29. The van der Waals surface area contributed by atoms with Crippen LogP contribution >= 0.6 is 0 Å². The van der Waals surface area contributed by atoms with E-state index in [1.165, 1.54) is 6.92 Å². The van der Waals surface area contributed by atoms with E-state index >= 15 is 0 Å². The van der Waals surface area contributed by atoms with Crippen LogP contribution < -0.4 is 0 Å². The Labute approximate surface area is 48.7 Å². The maximum atomic E-state index is 9.92. The van der Waals surface area contributed by atoms with Crippen LogP contribution in [-0.4, -0.2) is 24.7 Å². The molecule has 0 amide bonds. The standard InChI is InChI=1S/C3H6N2O2S/c1-3(2-5-4)8(6)7/h2-3,8H,1H3. The molecule has 8 heavy (non-hydrogen) atoms. The van der Waals surface area contributed by atoms with E-state index in [0.29, 0.717) is 0 Å². The van der Waals surface area contributed by atoms with Gasteiger partial charge in [0.25, 0.3) is 6.21 Å². The lowest BCUT2D eigenvalue weighted by molar-refractivity contribution is 0.00159. The fourth-order valence-electron chi connectivity index (χ4n) is 0.151. The van der Waals surface area contributed by atoms with Crippen molar-refractivity contribution in [1.29, 1.82) is 0 Å². The van der Waals surface area contributed by atoms with E-state index in [1.807, 2.05) is 0 Å². The summed E-state index contributed by atoms with van der Waals surface area (Å²) in [5.41, 5.74) is 7.79. The summed E-state index contributed by atoms with van der Waals surface area (Å²) in [5.74, 6) is 0. The van der Waals surface area contributed by atoms with E-state index in [1.54, 1.807) is 0 Å². The first kappa shape index (κ1) is 7.33. The van der Waals surface area contributed by atoms with Crippen LogP contribution in [0.1, 0.15) is 6.92 Å². The van der Waals surface area contributed by atoms with Gasteiger partial charge in [0.2, 0.25) is 0 Å². The van der Waals surface area contributed by atoms with Crippen LogP contribution in [0, 0.1) is 0 Å². The minimum Gasteiger partial charge on any atom is -0.362 e. The van der Waals surface area contributed by atoms with Gasteiger partial charge in [0, 0.05) is 0 Å². The molecule has 0 aromatic rings. The normalized spacial score (nSPS) is 12.8. The average molecular weight is 134 g/mol. The molecule has 4 nitrogen and oxygen atoms in total. The molecule has 0 saturated carbocycles. The predicted molar refractivity (Wildman–Crippen MR) is 29.5 cm³/mol. The van der Waals surface area contributed by atoms with E-state index in [0.717, 1.165) is 6.21 Å². The molecule has 0 N–H and O–H groups in total. The lowest BCUT2D eigenvalue weighted by Gasteiger charge is -1.79. The number of hydrogen-bond acceptors (Lipinski definition) is 2. The lowest BCUT2D eigenvalue weighted by atomic mass is 10.5. The van der Waals surface area contributed by atoms with Gasteiger partial charge in [-0.05, 0) is 6.92 Å². The second kappa shape index (κ2) is 3.35. The van der Waals surface area contributed by atoms with E-state index in [4.69, 9.17) is 5.53 Å². The van der Waals surface area contributed by atoms with E-state index in [2.05, 4.69) is 4.79 Å². The molecule has 0 fully saturated rings. The average Bonchev–Trinajstić information content (AvgIpc) is 1.67. The number of nitrogens with zero attached hydrogens (tertiary/aromatic N) is 2. The van der Waals surface area contributed by atoms with Crippen molar-refractivity contribution in [3.63, 3.8) is 0 Å². The van der Waals surface area contributed by atoms with Gasteiger partial charge >= 0.3 is 0 Å². The lowest BCUT2D eigenvalue weighted by Crippen LogP contribution is -2.04. The highest BCUT2D eigenvalue weighted by atomic mass is 32.2. The summed E-state index contributed by atoms with van der Waals surface area (Å²) >= 11 is 0. The molecule has 1 unspecified atom stereocenters. The number of rotatable bonds is 2. The number of hydrogen-bond donors (Lipinski definition) is 1. The van der Waals surface area contributed by atoms with Crippen molar-refractivity contribution in [1.82, 2.24) is 0 Å². The van der Waals surface area contributed by atoms with Crippen LogP contribution in [0.3, 0.4) is 0 Å². The summed E-state index contributed by atoms with van der Waals surface area (Å²) in [6.07, 6.45) is 0.950. The maximum Gasteiger partial charge on any atom is 0.274 e. The van der Waals surface area contributed by atoms with Crippen LogP contribution in [0.15, 0.2) is 0 Å². The minimum atomic E-state index is -2.48. The molecule has 46 valence electrons. The zero-order valence-corrected chi connectivity index (χ0v) is 5.21. The summed E-state index contributed by atoms with van der Waals surface area (Å²) in [6.45, 7) is 1.42. The van der Waals surface area contributed by atoms with Crippen molar-refractivity contribution in [2.75, 3.05) is 0 Å². The van der Waals surface area contributed by atoms with Gasteiger partial charge in [0.1, 0.15) is 5.25 Å². The van der Waals surface area contributed by atoms with E-state index < -0.39 is 16.0 Å². The molecule has 0 spiro atoms. The highest BCUT2D eigenvalue weighted by molar-refractivity contribution is 7.73. The van der Waals surface area contributed by atoms with Gasteiger partial charge in [0.15, 0.2) is 10.7 Å². The zero-order chi connectivity index (χ0) is 6.57. The van der Waals surface area contributed by atoms with Crippen molar-refractivity contribution in [2.45, 2.75) is 12.2 Å². The largest absolute Gasteiger partial charge is 0.362 e. The summed E-state index contributed by atoms with van der Waals surface area (Å²) < 4.78 is 19.8. The molecular weight excluding hydrogens is 128 g/mol. The van der Waals surface area contributed by atoms with Gasteiger partial charge in [-0.3, -0.25) is 0 Å². The summed E-state index contributed by atoms with van der Waals surface area (Å²) in [6, 6.07) is 0. The van der Waals surface area contributed by atoms with Gasteiger partial charge in [-0.2, -0.15) is 4.79 Å². The Bertz CT molecular complexity index is 172. The van der Waals surface area contributed by atoms with Gasteiger partial charge in [-0.15, -0.1) is 0 Å². The van der Waals surface area contributed by atoms with Crippen molar-refractivity contribution in [3.05, 3.63) is 5.53 Å². The smallest absolute Gasteiger partial charge is 0.274 e. The SMILES string of the molecule is CC(C=[N+]=[N-])[SH](=O)=O. The monoisotopic (exact) mass is 134 g/mol. The second-order valence-corrected chi connectivity index (χ2v) is 2.68. The molecule has 0 saturated heterocycles. The Kier molecular flexibility index (Phi) is 3.07. The maximum absolute atomic E-state index is 9.92. The predicted octanol–water partition coefficient (Wildman–Crippen LogP) is -0.713. The molecule has 0 rings (SSSR count). The van der Waals surface area contributed by atoms with Crippen molar-refractivity contribution in [2.24, 2.45) is 0 Å². The summed E-state index contributed by atoms with van der Waals surface area (Å²) in [4.78, 5) is 2.55. The van der Waals surface area contributed by atoms with Crippen LogP contribution in [-0.2, 0) is 10.7 Å². The minimum absolute atomic E-state index is 0.671. The van der Waals surface area contributed by atoms with Gasteiger partial charge < -0.3 is 5.53 Å². The molecule has 0 bridgehead atoms. The highest BCUT2D eigenvalue weighted by Gasteiger charge is 2.02. The van der Waals surface area contributed by atoms with Crippen LogP contribution in [0.2, 0.25) is 0 Å². The van der Waals surface area contributed by atoms with Gasteiger partial charge in [-0.1, -0.05) is 0 Å². The molecule has 0 radical (unpaired) electrons. The molecule has 5 heteroatoms. The van der Waals surface area contributed by atoms with E-state index in [9.17, 15) is 8.42 Å². The fraction of sp³-hybridized carbons (Fsp3) is 0.667. The molecule has 0 aliphatic rings. The van der Waals surface area contributed by atoms with Crippen LogP contribution in [0.5, 0.6) is 0 Å². The van der Waals surface area contributed by atoms with Crippen molar-refractivity contribution in [3.8, 4) is 0 Å². The van der Waals surface area contributed by atoms with Crippen molar-refractivity contribution < 1.29 is 13.2 Å². The fourth-order valence-corrected chi connectivity index (χ4v) is 0.319. The summed E-state index contributed by atoms with van der Waals surface area (Å²) in [7, 11) is -2.48.